The third kappa shape index (κ3) is 1.05. The summed E-state index contributed by atoms with van der Waals surface area (Å²) < 4.78 is 0. The normalized spacial score (nSPS) is 18.8. The number of hydrogen-bond donors (Lipinski definition) is 2. The molecule has 0 unspecified atom stereocenters. The number of hydrogen-bond acceptors (Lipinski definition) is 3. The zero-order valence-electron chi connectivity index (χ0n) is 6.22. The Bertz CT molecular complexity index is 124. The van der Waals surface area contributed by atoms with Gasteiger partial charge in [-0.1, -0.05) is 0 Å². The minimum Gasteiger partial charge on any atom is -0.257 e. The molecule has 1 aliphatic rings. The molecule has 1 heterocycles. The molecule has 0 radical (unpaired) electrons. The van der Waals surface area contributed by atoms with Crippen molar-refractivity contribution >= 4 is 6.03 Å². The maximum Gasteiger partial charge on any atom is 0.348 e. The predicted molar refractivity (Wildman–Crippen MR) is 36.9 cm³/mol. The quantitative estimate of drug-likeness (QED) is 0.522. The molecule has 0 bridgehead atoms. The van der Waals surface area contributed by atoms with Crippen molar-refractivity contribution in [2.75, 3.05) is 27.2 Å². The van der Waals surface area contributed by atoms with Crippen molar-refractivity contribution < 1.29 is 4.79 Å². The molecule has 1 fully saturated rings. The summed E-state index contributed by atoms with van der Waals surface area (Å²) in [6, 6.07) is -0.0231. The monoisotopic (exact) mass is 144 g/mol. The largest absolute Gasteiger partial charge is 0.348 e. The van der Waals surface area contributed by atoms with Crippen molar-refractivity contribution in [1.82, 2.24) is 20.9 Å². The van der Waals surface area contributed by atoms with Crippen LogP contribution in [0.2, 0.25) is 0 Å². The molecular weight excluding hydrogens is 132 g/mol. The summed E-state index contributed by atoms with van der Waals surface area (Å²) in [5.41, 5.74) is 5.56. The molecule has 1 saturated heterocycles. The minimum absolute atomic E-state index is 0.0231. The number of amides is 2. The smallest absolute Gasteiger partial charge is 0.257 e. The zero-order valence-corrected chi connectivity index (χ0v) is 6.22. The number of hydrazine groups is 2. The van der Waals surface area contributed by atoms with E-state index in [1.807, 2.05) is 0 Å². The van der Waals surface area contributed by atoms with E-state index in [-0.39, 0.29) is 6.03 Å². The summed E-state index contributed by atoms with van der Waals surface area (Å²) in [6.45, 7) is 1.46. The van der Waals surface area contributed by atoms with Crippen LogP contribution in [0.3, 0.4) is 0 Å². The molecule has 0 saturated carbocycles. The van der Waals surface area contributed by atoms with E-state index in [4.69, 9.17) is 0 Å². The van der Waals surface area contributed by atoms with Gasteiger partial charge in [-0.25, -0.2) is 15.6 Å². The summed E-state index contributed by atoms with van der Waals surface area (Å²) in [5.74, 6) is 0. The fourth-order valence-corrected chi connectivity index (χ4v) is 0.952. The van der Waals surface area contributed by atoms with E-state index in [1.165, 1.54) is 0 Å². The number of urea groups is 1. The highest BCUT2D eigenvalue weighted by molar-refractivity contribution is 5.75. The molecule has 0 aliphatic carbocycles. The first-order valence-electron chi connectivity index (χ1n) is 3.23. The first-order chi connectivity index (χ1) is 4.79. The number of nitrogens with one attached hydrogen (secondary N) is 2. The lowest BCUT2D eigenvalue weighted by Crippen LogP contribution is -2.43. The van der Waals surface area contributed by atoms with Crippen molar-refractivity contribution in [3.63, 3.8) is 0 Å². The molecule has 1 aliphatic heterocycles. The van der Waals surface area contributed by atoms with Crippen molar-refractivity contribution in [3.8, 4) is 0 Å². The Kier molecular flexibility index (Phi) is 2.08. The summed E-state index contributed by atoms with van der Waals surface area (Å²) in [4.78, 5) is 11.1. The lowest BCUT2D eigenvalue weighted by atomic mass is 10.7. The van der Waals surface area contributed by atoms with Gasteiger partial charge in [0.1, 0.15) is 0 Å². The molecule has 5 nitrogen and oxygen atoms in total. The lowest BCUT2D eigenvalue weighted by Gasteiger charge is -2.15. The molecule has 58 valence electrons. The van der Waals surface area contributed by atoms with Crippen LogP contribution in [0.4, 0.5) is 4.79 Å². The van der Waals surface area contributed by atoms with Gasteiger partial charge in [0.05, 0.1) is 13.1 Å². The number of nitrogens with zero attached hydrogens (tertiary/aromatic N) is 2. The summed E-state index contributed by atoms with van der Waals surface area (Å²) in [5, 5.41) is 3.10. The topological polar surface area (TPSA) is 47.6 Å². The molecule has 2 amide bonds. The number of rotatable bonds is 2. The Hall–Kier alpha value is -0.810. The molecule has 0 aromatic heterocycles. The van der Waals surface area contributed by atoms with Gasteiger partial charge >= 0.3 is 6.03 Å². The minimum atomic E-state index is -0.0231. The third-order valence-electron chi connectivity index (χ3n) is 1.55. The maximum absolute atomic E-state index is 11.1. The second-order valence-corrected chi connectivity index (χ2v) is 2.03. The SMILES string of the molecule is CNN1CCN(NC)C1=O. The van der Waals surface area contributed by atoms with Gasteiger partial charge in [0.25, 0.3) is 0 Å². The van der Waals surface area contributed by atoms with Crippen molar-refractivity contribution in [3.05, 3.63) is 0 Å². The van der Waals surface area contributed by atoms with Crippen LogP contribution in [0.15, 0.2) is 0 Å². The zero-order chi connectivity index (χ0) is 7.56. The molecule has 0 aromatic carbocycles. The molecule has 2 N–H and O–H groups in total. The van der Waals surface area contributed by atoms with E-state index in [9.17, 15) is 4.79 Å². The van der Waals surface area contributed by atoms with Gasteiger partial charge in [-0.15, -0.1) is 0 Å². The van der Waals surface area contributed by atoms with Crippen LogP contribution >= 0.6 is 0 Å². The predicted octanol–water partition coefficient (Wildman–Crippen LogP) is -1.01. The van der Waals surface area contributed by atoms with Crippen LogP contribution in [0, 0.1) is 0 Å². The van der Waals surface area contributed by atoms with Crippen molar-refractivity contribution in [2.45, 2.75) is 0 Å². The lowest BCUT2D eigenvalue weighted by molar-refractivity contribution is 0.168. The standard InChI is InChI=1S/C5H12N4O/c1-6-8-3-4-9(7-2)5(8)10/h6-7H,3-4H2,1-2H3. The van der Waals surface area contributed by atoms with E-state index in [2.05, 4.69) is 10.9 Å². The Balaban J connectivity index is 2.49. The van der Waals surface area contributed by atoms with Gasteiger partial charge < -0.3 is 0 Å². The van der Waals surface area contributed by atoms with Gasteiger partial charge in [0, 0.05) is 14.1 Å². The van der Waals surface area contributed by atoms with Crippen molar-refractivity contribution in [1.29, 1.82) is 0 Å². The highest BCUT2D eigenvalue weighted by Crippen LogP contribution is 2.00. The first-order valence-corrected chi connectivity index (χ1v) is 3.23. The first kappa shape index (κ1) is 7.30. The van der Waals surface area contributed by atoms with Gasteiger partial charge in [0.15, 0.2) is 0 Å². The van der Waals surface area contributed by atoms with E-state index >= 15 is 0 Å². The maximum atomic E-state index is 11.1. The Morgan fingerprint density at radius 2 is 1.60 bits per heavy atom. The molecule has 0 atom stereocenters. The highest BCUT2D eigenvalue weighted by atomic mass is 16.2. The third-order valence-corrected chi connectivity index (χ3v) is 1.55. The molecule has 1 rings (SSSR count). The van der Waals surface area contributed by atoms with Crippen LogP contribution in [-0.2, 0) is 0 Å². The second-order valence-electron chi connectivity index (χ2n) is 2.03. The fourth-order valence-electron chi connectivity index (χ4n) is 0.952. The van der Waals surface area contributed by atoms with Crippen LogP contribution in [0.1, 0.15) is 0 Å². The van der Waals surface area contributed by atoms with Gasteiger partial charge in [-0.05, 0) is 0 Å². The van der Waals surface area contributed by atoms with Crippen LogP contribution in [0.5, 0.6) is 0 Å². The van der Waals surface area contributed by atoms with E-state index in [0.717, 1.165) is 13.1 Å². The van der Waals surface area contributed by atoms with E-state index in [1.54, 1.807) is 24.1 Å². The van der Waals surface area contributed by atoms with Crippen LogP contribution in [0.25, 0.3) is 0 Å². The molecule has 0 aromatic rings. The highest BCUT2D eigenvalue weighted by Gasteiger charge is 2.25. The number of carbonyl (C=O) groups excluding carboxylic acids is 1. The number of carbonyl (C=O) groups is 1. The summed E-state index contributed by atoms with van der Waals surface area (Å²) in [7, 11) is 3.47. The second kappa shape index (κ2) is 2.85. The Labute approximate surface area is 59.9 Å². The molecular formula is C5H12N4O. The molecule has 0 spiro atoms. The summed E-state index contributed by atoms with van der Waals surface area (Å²) >= 11 is 0. The fraction of sp³-hybridized carbons (Fsp3) is 0.800. The van der Waals surface area contributed by atoms with E-state index < -0.39 is 0 Å². The Morgan fingerprint density at radius 3 is 1.80 bits per heavy atom. The average molecular weight is 144 g/mol. The molecule has 5 heteroatoms. The van der Waals surface area contributed by atoms with Gasteiger partial charge in [0.2, 0.25) is 0 Å². The Morgan fingerprint density at radius 1 is 1.20 bits per heavy atom. The summed E-state index contributed by atoms with van der Waals surface area (Å²) in [6.07, 6.45) is 0. The average Bonchev–Trinajstić information content (AvgIpc) is 2.30. The van der Waals surface area contributed by atoms with E-state index in [0.29, 0.717) is 0 Å². The van der Waals surface area contributed by atoms with Crippen LogP contribution < -0.4 is 10.9 Å². The van der Waals surface area contributed by atoms with Crippen LogP contribution in [-0.4, -0.2) is 43.2 Å². The molecule has 10 heavy (non-hydrogen) atoms. The van der Waals surface area contributed by atoms with Gasteiger partial charge in [-0.3, -0.25) is 10.0 Å². The van der Waals surface area contributed by atoms with Gasteiger partial charge in [-0.2, -0.15) is 0 Å². The van der Waals surface area contributed by atoms with Crippen molar-refractivity contribution in [2.24, 2.45) is 0 Å².